The summed E-state index contributed by atoms with van der Waals surface area (Å²) in [5, 5.41) is 7.28. The zero-order valence-corrected chi connectivity index (χ0v) is 16.7. The highest BCUT2D eigenvalue weighted by Crippen LogP contribution is 2.34. The number of hydrogen-bond acceptors (Lipinski definition) is 3. The first-order chi connectivity index (χ1) is 13.6. The van der Waals surface area contributed by atoms with E-state index in [0.29, 0.717) is 5.11 Å². The van der Waals surface area contributed by atoms with E-state index in [2.05, 4.69) is 54.8 Å². The normalized spacial score (nSPS) is 13.1. The molecule has 0 fully saturated rings. The maximum Gasteiger partial charge on any atom is 0.231 e. The minimum absolute atomic E-state index is 0.0455. The van der Waals surface area contributed by atoms with Crippen molar-refractivity contribution < 1.29 is 9.47 Å². The van der Waals surface area contributed by atoms with Crippen molar-refractivity contribution in [3.05, 3.63) is 89.0 Å². The Balaban J connectivity index is 1.58. The maximum absolute atomic E-state index is 5.62. The summed E-state index contributed by atoms with van der Waals surface area (Å²) in [5.41, 5.74) is 5.69. The van der Waals surface area contributed by atoms with E-state index in [1.54, 1.807) is 0 Å². The monoisotopic (exact) mass is 390 g/mol. The first kappa shape index (κ1) is 18.3. The second kappa shape index (κ2) is 7.90. The topological polar surface area (TPSA) is 42.5 Å². The van der Waals surface area contributed by atoms with Crippen LogP contribution >= 0.6 is 12.2 Å². The number of rotatable bonds is 4. The Labute approximate surface area is 170 Å². The zero-order chi connectivity index (χ0) is 19.5. The molecule has 0 amide bonds. The van der Waals surface area contributed by atoms with Crippen LogP contribution in [0.5, 0.6) is 11.5 Å². The van der Waals surface area contributed by atoms with Crippen LogP contribution in [0, 0.1) is 13.8 Å². The van der Waals surface area contributed by atoms with E-state index in [1.807, 2.05) is 36.4 Å². The van der Waals surface area contributed by atoms with Crippen LogP contribution in [0.3, 0.4) is 0 Å². The molecular weight excluding hydrogens is 368 g/mol. The fourth-order valence-corrected chi connectivity index (χ4v) is 3.64. The highest BCUT2D eigenvalue weighted by atomic mass is 32.1. The van der Waals surface area contributed by atoms with Crippen molar-refractivity contribution in [3.63, 3.8) is 0 Å². The first-order valence-corrected chi connectivity index (χ1v) is 9.60. The van der Waals surface area contributed by atoms with Gasteiger partial charge in [-0.2, -0.15) is 0 Å². The predicted octanol–water partition coefficient (Wildman–Crippen LogP) is 5.11. The minimum atomic E-state index is -0.0455. The number of aryl methyl sites for hydroxylation is 2. The van der Waals surface area contributed by atoms with Crippen LogP contribution in [-0.2, 0) is 0 Å². The van der Waals surface area contributed by atoms with Gasteiger partial charge in [-0.3, -0.25) is 0 Å². The van der Waals surface area contributed by atoms with Gasteiger partial charge in [-0.05, 0) is 54.9 Å². The lowest BCUT2D eigenvalue weighted by atomic mass is 9.94. The van der Waals surface area contributed by atoms with Gasteiger partial charge in [0.05, 0.1) is 6.04 Å². The summed E-state index contributed by atoms with van der Waals surface area (Å²) < 4.78 is 10.8. The second-order valence-corrected chi connectivity index (χ2v) is 7.28. The van der Waals surface area contributed by atoms with Gasteiger partial charge in [0.2, 0.25) is 6.79 Å². The zero-order valence-electron chi connectivity index (χ0n) is 15.9. The molecule has 1 heterocycles. The molecule has 1 atom stereocenters. The molecule has 28 heavy (non-hydrogen) atoms. The summed E-state index contributed by atoms with van der Waals surface area (Å²) >= 11 is 5.62. The molecule has 1 aliphatic rings. The molecule has 0 spiro atoms. The average molecular weight is 391 g/mol. The SMILES string of the molecule is Cc1ccc([C@@H](NC(=S)Nc2ccc3c(c2)OCO3)c2ccccc2)c(C)c1. The van der Waals surface area contributed by atoms with Crippen LogP contribution in [-0.4, -0.2) is 11.9 Å². The third-order valence-corrected chi connectivity index (χ3v) is 4.99. The Morgan fingerprint density at radius 3 is 2.50 bits per heavy atom. The quantitative estimate of drug-likeness (QED) is 0.606. The van der Waals surface area contributed by atoms with Gasteiger partial charge in [0.15, 0.2) is 16.6 Å². The summed E-state index contributed by atoms with van der Waals surface area (Å²) in [6.07, 6.45) is 0. The number of thiocarbonyl (C=S) groups is 1. The third-order valence-electron chi connectivity index (χ3n) is 4.78. The van der Waals surface area contributed by atoms with E-state index in [-0.39, 0.29) is 12.8 Å². The molecule has 0 saturated carbocycles. The Bertz CT molecular complexity index is 1000. The van der Waals surface area contributed by atoms with Crippen LogP contribution in [0.15, 0.2) is 66.7 Å². The smallest absolute Gasteiger partial charge is 0.231 e. The van der Waals surface area contributed by atoms with Gasteiger partial charge in [0.1, 0.15) is 0 Å². The molecule has 4 nitrogen and oxygen atoms in total. The Kier molecular flexibility index (Phi) is 5.17. The van der Waals surface area contributed by atoms with Crippen molar-refractivity contribution in [1.29, 1.82) is 0 Å². The Morgan fingerprint density at radius 2 is 1.71 bits per heavy atom. The maximum atomic E-state index is 5.62. The van der Waals surface area contributed by atoms with E-state index >= 15 is 0 Å². The summed E-state index contributed by atoms with van der Waals surface area (Å²) in [4.78, 5) is 0. The van der Waals surface area contributed by atoms with Crippen molar-refractivity contribution in [2.24, 2.45) is 0 Å². The van der Waals surface area contributed by atoms with E-state index in [0.717, 1.165) is 22.7 Å². The van der Waals surface area contributed by atoms with Gasteiger partial charge in [-0.1, -0.05) is 54.1 Å². The van der Waals surface area contributed by atoms with Crippen LogP contribution < -0.4 is 20.1 Å². The van der Waals surface area contributed by atoms with E-state index in [1.165, 1.54) is 16.7 Å². The number of nitrogens with one attached hydrogen (secondary N) is 2. The van der Waals surface area contributed by atoms with Crippen molar-refractivity contribution in [2.45, 2.75) is 19.9 Å². The molecular formula is C23H22N2O2S. The van der Waals surface area contributed by atoms with Gasteiger partial charge < -0.3 is 20.1 Å². The third kappa shape index (κ3) is 3.94. The molecule has 0 radical (unpaired) electrons. The van der Waals surface area contributed by atoms with E-state index in [9.17, 15) is 0 Å². The number of ether oxygens (including phenoxy) is 2. The molecule has 142 valence electrons. The molecule has 1 aliphatic heterocycles. The standard InChI is InChI=1S/C23H22N2O2S/c1-15-8-10-19(16(2)12-15)22(17-6-4-3-5-7-17)25-23(28)24-18-9-11-20-21(13-18)27-14-26-20/h3-13,22H,14H2,1-2H3,(H2,24,25,28)/t22-/m0/s1. The van der Waals surface area contributed by atoms with Gasteiger partial charge in [0.25, 0.3) is 0 Å². The lowest BCUT2D eigenvalue weighted by molar-refractivity contribution is 0.174. The lowest BCUT2D eigenvalue weighted by Crippen LogP contribution is -2.33. The fourth-order valence-electron chi connectivity index (χ4n) is 3.41. The first-order valence-electron chi connectivity index (χ1n) is 9.19. The van der Waals surface area contributed by atoms with Crippen molar-refractivity contribution >= 4 is 23.0 Å². The highest BCUT2D eigenvalue weighted by molar-refractivity contribution is 7.80. The van der Waals surface area contributed by atoms with Crippen LogP contribution in [0.25, 0.3) is 0 Å². The molecule has 0 aromatic heterocycles. The summed E-state index contributed by atoms with van der Waals surface area (Å²) in [6, 6.07) is 22.5. The van der Waals surface area contributed by atoms with Gasteiger partial charge >= 0.3 is 0 Å². The Morgan fingerprint density at radius 1 is 0.929 bits per heavy atom. The molecule has 3 aromatic rings. The second-order valence-electron chi connectivity index (χ2n) is 6.87. The van der Waals surface area contributed by atoms with Crippen molar-refractivity contribution in [1.82, 2.24) is 5.32 Å². The number of anilines is 1. The molecule has 0 unspecified atom stereocenters. The van der Waals surface area contributed by atoms with Crippen LogP contribution in [0.2, 0.25) is 0 Å². The summed E-state index contributed by atoms with van der Waals surface area (Å²) in [6.45, 7) is 4.49. The van der Waals surface area contributed by atoms with Crippen LogP contribution in [0.4, 0.5) is 5.69 Å². The van der Waals surface area contributed by atoms with E-state index < -0.39 is 0 Å². The van der Waals surface area contributed by atoms with Gasteiger partial charge in [-0.15, -0.1) is 0 Å². The molecule has 0 aliphatic carbocycles. The van der Waals surface area contributed by atoms with Gasteiger partial charge in [-0.25, -0.2) is 0 Å². The number of fused-ring (bicyclic) bond motifs is 1. The molecule has 0 saturated heterocycles. The minimum Gasteiger partial charge on any atom is -0.454 e. The summed E-state index contributed by atoms with van der Waals surface area (Å²) in [7, 11) is 0. The Hall–Kier alpha value is -3.05. The van der Waals surface area contributed by atoms with E-state index in [4.69, 9.17) is 21.7 Å². The predicted molar refractivity (Wildman–Crippen MR) is 116 cm³/mol. The van der Waals surface area contributed by atoms with Gasteiger partial charge in [0, 0.05) is 11.8 Å². The number of hydrogen-bond donors (Lipinski definition) is 2. The molecule has 2 N–H and O–H groups in total. The fraction of sp³-hybridized carbons (Fsp3) is 0.174. The lowest BCUT2D eigenvalue weighted by Gasteiger charge is -2.24. The highest BCUT2D eigenvalue weighted by Gasteiger charge is 2.18. The van der Waals surface area contributed by atoms with Crippen molar-refractivity contribution in [3.8, 4) is 11.5 Å². The molecule has 3 aromatic carbocycles. The van der Waals surface area contributed by atoms with Crippen molar-refractivity contribution in [2.75, 3.05) is 12.1 Å². The molecule has 5 heteroatoms. The van der Waals surface area contributed by atoms with Crippen LogP contribution in [0.1, 0.15) is 28.3 Å². The molecule has 4 rings (SSSR count). The summed E-state index contributed by atoms with van der Waals surface area (Å²) in [5.74, 6) is 1.48. The average Bonchev–Trinajstić information content (AvgIpc) is 3.15. The largest absolute Gasteiger partial charge is 0.454 e. The number of benzene rings is 3. The molecule has 0 bridgehead atoms.